The Morgan fingerprint density at radius 1 is 1.52 bits per heavy atom. The van der Waals surface area contributed by atoms with Crippen LogP contribution in [-0.2, 0) is 4.74 Å². The van der Waals surface area contributed by atoms with Crippen molar-refractivity contribution in [1.82, 2.24) is 14.8 Å². The first-order valence-electron chi connectivity index (χ1n) is 7.40. The molecule has 0 N–H and O–H groups in total. The van der Waals surface area contributed by atoms with Gasteiger partial charge in [0.25, 0.3) is 5.91 Å². The maximum Gasteiger partial charge on any atom is 0.273 e. The number of ether oxygens (including phenoxy) is 1. The molecule has 1 amide bonds. The number of aromatic nitrogens is 1. The van der Waals surface area contributed by atoms with Crippen LogP contribution in [-0.4, -0.2) is 66.1 Å². The lowest BCUT2D eigenvalue weighted by molar-refractivity contribution is -0.0172. The predicted molar refractivity (Wildman–Crippen MR) is 82.5 cm³/mol. The minimum atomic E-state index is 0.0329. The Morgan fingerprint density at radius 2 is 2.43 bits per heavy atom. The molecule has 6 heteroatoms. The summed E-state index contributed by atoms with van der Waals surface area (Å²) in [4.78, 5) is 20.8. The lowest BCUT2D eigenvalue weighted by Gasteiger charge is -2.37. The normalized spacial score (nSPS) is 27.0. The van der Waals surface area contributed by atoms with E-state index in [0.717, 1.165) is 39.2 Å². The smallest absolute Gasteiger partial charge is 0.273 e. The molecule has 114 valence electrons. The fraction of sp³-hybridized carbons (Fsp3) is 0.600. The zero-order valence-corrected chi connectivity index (χ0v) is 12.9. The second-order valence-corrected chi connectivity index (χ2v) is 6.35. The van der Waals surface area contributed by atoms with Gasteiger partial charge in [0.2, 0.25) is 0 Å². The molecule has 1 aromatic heterocycles. The number of fused-ring (bicyclic) bond motifs is 1. The topological polar surface area (TPSA) is 45.7 Å². The molecule has 1 aromatic rings. The van der Waals surface area contributed by atoms with Crippen molar-refractivity contribution in [2.24, 2.45) is 5.92 Å². The number of carbonyl (C=O) groups excluding carboxylic acids is 1. The number of nitrogens with zero attached hydrogens (tertiary/aromatic N) is 3. The molecule has 3 heterocycles. The number of piperidine rings is 1. The van der Waals surface area contributed by atoms with Crippen LogP contribution in [0.25, 0.3) is 0 Å². The monoisotopic (exact) mass is 307 g/mol. The van der Waals surface area contributed by atoms with Gasteiger partial charge in [-0.2, -0.15) is 0 Å². The summed E-state index contributed by atoms with van der Waals surface area (Å²) in [5.74, 6) is 0.539. The number of rotatable bonds is 3. The van der Waals surface area contributed by atoms with Gasteiger partial charge in [-0.25, -0.2) is 4.98 Å². The Bertz CT molecular complexity index is 491. The van der Waals surface area contributed by atoms with E-state index < -0.39 is 0 Å². The SMILES string of the molecule is C=CCN1CCO[C@H]2CN(C(=O)c3cscn3)CC[C@H]2C1. The Hall–Kier alpha value is -1.24. The minimum absolute atomic E-state index is 0.0329. The molecule has 0 aliphatic carbocycles. The third-order valence-electron chi connectivity index (χ3n) is 4.25. The van der Waals surface area contributed by atoms with Crippen molar-refractivity contribution in [2.45, 2.75) is 12.5 Å². The van der Waals surface area contributed by atoms with Crippen molar-refractivity contribution < 1.29 is 9.53 Å². The summed E-state index contributed by atoms with van der Waals surface area (Å²) < 4.78 is 5.99. The maximum atomic E-state index is 12.4. The van der Waals surface area contributed by atoms with Crippen LogP contribution >= 0.6 is 11.3 Å². The van der Waals surface area contributed by atoms with Crippen molar-refractivity contribution in [3.05, 3.63) is 29.2 Å². The van der Waals surface area contributed by atoms with Crippen LogP contribution in [0.2, 0.25) is 0 Å². The van der Waals surface area contributed by atoms with Gasteiger partial charge in [0.05, 0.1) is 18.2 Å². The van der Waals surface area contributed by atoms with E-state index >= 15 is 0 Å². The Labute approximate surface area is 129 Å². The Morgan fingerprint density at radius 3 is 3.19 bits per heavy atom. The van der Waals surface area contributed by atoms with Gasteiger partial charge in [-0.05, 0) is 6.42 Å². The zero-order chi connectivity index (χ0) is 14.7. The van der Waals surface area contributed by atoms with Crippen LogP contribution in [0.3, 0.4) is 0 Å². The third-order valence-corrected chi connectivity index (χ3v) is 4.84. The molecule has 0 bridgehead atoms. The van der Waals surface area contributed by atoms with Gasteiger partial charge in [-0.1, -0.05) is 6.08 Å². The molecule has 2 saturated heterocycles. The van der Waals surface area contributed by atoms with Crippen LogP contribution in [0, 0.1) is 5.92 Å². The van der Waals surface area contributed by atoms with Crippen LogP contribution in [0.5, 0.6) is 0 Å². The standard InChI is InChI=1S/C15H21N3O2S/c1-2-4-17-6-7-20-14-9-18(5-3-12(14)8-17)15(19)13-10-21-11-16-13/h2,10-12,14H,1,3-9H2/t12-,14-/m0/s1. The lowest BCUT2D eigenvalue weighted by atomic mass is 9.93. The number of carbonyl (C=O) groups is 1. The number of thiazole rings is 1. The van der Waals surface area contributed by atoms with Crippen LogP contribution in [0.1, 0.15) is 16.9 Å². The molecule has 2 atom stereocenters. The average Bonchev–Trinajstić information content (AvgIpc) is 2.95. The summed E-state index contributed by atoms with van der Waals surface area (Å²) >= 11 is 1.46. The van der Waals surface area contributed by atoms with Crippen molar-refractivity contribution in [3.8, 4) is 0 Å². The summed E-state index contributed by atoms with van der Waals surface area (Å²) in [7, 11) is 0. The van der Waals surface area contributed by atoms with Gasteiger partial charge in [-0.3, -0.25) is 9.69 Å². The van der Waals surface area contributed by atoms with E-state index in [4.69, 9.17) is 4.74 Å². The largest absolute Gasteiger partial charge is 0.375 e. The summed E-state index contributed by atoms with van der Waals surface area (Å²) in [6.07, 6.45) is 3.09. The van der Waals surface area contributed by atoms with Crippen molar-refractivity contribution >= 4 is 17.2 Å². The van der Waals surface area contributed by atoms with Crippen molar-refractivity contribution in [1.29, 1.82) is 0 Å². The first-order chi connectivity index (χ1) is 10.3. The highest BCUT2D eigenvalue weighted by Gasteiger charge is 2.35. The number of hydrogen-bond donors (Lipinski definition) is 0. The molecular weight excluding hydrogens is 286 g/mol. The summed E-state index contributed by atoms with van der Waals surface area (Å²) in [6, 6.07) is 0. The Kier molecular flexibility index (Phi) is 4.67. The first-order valence-corrected chi connectivity index (χ1v) is 8.34. The lowest BCUT2D eigenvalue weighted by Crippen LogP contribution is -2.49. The highest BCUT2D eigenvalue weighted by Crippen LogP contribution is 2.25. The van der Waals surface area contributed by atoms with E-state index in [-0.39, 0.29) is 12.0 Å². The van der Waals surface area contributed by atoms with Crippen LogP contribution in [0.15, 0.2) is 23.5 Å². The van der Waals surface area contributed by atoms with Crippen LogP contribution < -0.4 is 0 Å². The van der Waals surface area contributed by atoms with E-state index in [1.165, 1.54) is 11.3 Å². The molecule has 0 spiro atoms. The van der Waals surface area contributed by atoms with Gasteiger partial charge < -0.3 is 9.64 Å². The van der Waals surface area contributed by atoms with Gasteiger partial charge in [0.15, 0.2) is 0 Å². The minimum Gasteiger partial charge on any atom is -0.375 e. The molecule has 2 aliphatic heterocycles. The summed E-state index contributed by atoms with van der Waals surface area (Å²) in [5.41, 5.74) is 2.26. The molecule has 2 fully saturated rings. The fourth-order valence-corrected chi connectivity index (χ4v) is 3.66. The Balaban J connectivity index is 1.63. The summed E-state index contributed by atoms with van der Waals surface area (Å²) in [6.45, 7) is 8.91. The predicted octanol–water partition coefficient (Wildman–Crippen LogP) is 1.49. The molecule has 0 unspecified atom stereocenters. The summed E-state index contributed by atoms with van der Waals surface area (Å²) in [5, 5.41) is 1.81. The molecule has 5 nitrogen and oxygen atoms in total. The van der Waals surface area contributed by atoms with Gasteiger partial charge in [-0.15, -0.1) is 17.9 Å². The number of likely N-dealkylation sites (tertiary alicyclic amines) is 1. The van der Waals surface area contributed by atoms with Crippen molar-refractivity contribution in [3.63, 3.8) is 0 Å². The van der Waals surface area contributed by atoms with E-state index in [2.05, 4.69) is 16.5 Å². The quantitative estimate of drug-likeness (QED) is 0.794. The van der Waals surface area contributed by atoms with E-state index in [1.54, 1.807) is 5.51 Å². The van der Waals surface area contributed by atoms with Crippen LogP contribution in [0.4, 0.5) is 0 Å². The second kappa shape index (κ2) is 6.68. The zero-order valence-electron chi connectivity index (χ0n) is 12.1. The number of hydrogen-bond acceptors (Lipinski definition) is 5. The molecule has 2 aliphatic rings. The maximum absolute atomic E-state index is 12.4. The van der Waals surface area contributed by atoms with E-state index in [1.807, 2.05) is 16.4 Å². The molecule has 0 radical (unpaired) electrons. The molecule has 0 aromatic carbocycles. The fourth-order valence-electron chi connectivity index (χ4n) is 3.13. The van der Waals surface area contributed by atoms with Gasteiger partial charge in [0.1, 0.15) is 5.69 Å². The second-order valence-electron chi connectivity index (χ2n) is 5.63. The molecule has 21 heavy (non-hydrogen) atoms. The molecule has 0 saturated carbocycles. The highest BCUT2D eigenvalue weighted by atomic mass is 32.1. The first kappa shape index (κ1) is 14.7. The van der Waals surface area contributed by atoms with Gasteiger partial charge >= 0.3 is 0 Å². The number of amides is 1. The molecule has 3 rings (SSSR count). The van der Waals surface area contributed by atoms with Gasteiger partial charge in [0, 0.05) is 44.0 Å². The van der Waals surface area contributed by atoms with E-state index in [0.29, 0.717) is 18.2 Å². The molecular formula is C15H21N3O2S. The average molecular weight is 307 g/mol. The third kappa shape index (κ3) is 3.33. The van der Waals surface area contributed by atoms with E-state index in [9.17, 15) is 4.79 Å². The van der Waals surface area contributed by atoms with Crippen molar-refractivity contribution in [2.75, 3.05) is 39.3 Å². The highest BCUT2D eigenvalue weighted by molar-refractivity contribution is 7.07.